The summed E-state index contributed by atoms with van der Waals surface area (Å²) in [5.74, 6) is -0.500. The van der Waals surface area contributed by atoms with E-state index in [0.29, 0.717) is 12.0 Å². The van der Waals surface area contributed by atoms with E-state index in [9.17, 15) is 18.0 Å². The largest absolute Gasteiger partial charge is 0.416 e. The Labute approximate surface area is 139 Å². The van der Waals surface area contributed by atoms with Crippen LogP contribution in [0, 0.1) is 0 Å². The Morgan fingerprint density at radius 3 is 2.17 bits per heavy atom. The van der Waals surface area contributed by atoms with Gasteiger partial charge in [-0.15, -0.1) is 0 Å². The van der Waals surface area contributed by atoms with Crippen LogP contribution in [-0.4, -0.2) is 11.4 Å². The highest BCUT2D eigenvalue weighted by Crippen LogP contribution is 2.31. The molecule has 0 spiro atoms. The Hall–Kier alpha value is -2.30. The molecule has 0 heterocycles. The van der Waals surface area contributed by atoms with Gasteiger partial charge in [0.05, 0.1) is 5.56 Å². The lowest BCUT2D eigenvalue weighted by Crippen LogP contribution is -2.41. The number of nitrogens with one attached hydrogen (secondary N) is 1. The van der Waals surface area contributed by atoms with Crippen LogP contribution in [0.15, 0.2) is 48.5 Å². The Bertz CT molecular complexity index is 716. The fraction of sp³-hybridized carbons (Fsp3) is 0.316. The van der Waals surface area contributed by atoms with Gasteiger partial charge in [0, 0.05) is 11.1 Å². The molecular formula is C19H20F3NO. The Balaban J connectivity index is 2.44. The van der Waals surface area contributed by atoms with Crippen LogP contribution in [0.4, 0.5) is 13.2 Å². The second-order valence-electron chi connectivity index (χ2n) is 6.74. The fourth-order valence-electron chi connectivity index (χ4n) is 2.34. The molecule has 0 aliphatic rings. The standard InChI is InChI=1S/C19H20F3NO/c1-18(2,3)23-17(24)16-12-15(19(20,21)22)10-9-14(16)11-13-7-5-4-6-8-13/h4-10,12H,11H2,1-3H3,(H,23,24). The van der Waals surface area contributed by atoms with Crippen LogP contribution in [0.25, 0.3) is 0 Å². The molecule has 2 aromatic carbocycles. The van der Waals surface area contributed by atoms with E-state index in [4.69, 9.17) is 0 Å². The van der Waals surface area contributed by atoms with Gasteiger partial charge in [-0.25, -0.2) is 0 Å². The third kappa shape index (κ3) is 4.85. The molecule has 128 valence electrons. The Kier molecular flexibility index (Phi) is 5.02. The summed E-state index contributed by atoms with van der Waals surface area (Å²) < 4.78 is 39.0. The van der Waals surface area contributed by atoms with Crippen molar-refractivity contribution in [2.24, 2.45) is 0 Å². The lowest BCUT2D eigenvalue weighted by atomic mass is 9.96. The molecule has 2 nitrogen and oxygen atoms in total. The van der Waals surface area contributed by atoms with Crippen LogP contribution in [0.2, 0.25) is 0 Å². The summed E-state index contributed by atoms with van der Waals surface area (Å²) in [6.45, 7) is 5.36. The van der Waals surface area contributed by atoms with Crippen LogP contribution >= 0.6 is 0 Å². The van der Waals surface area contributed by atoms with Crippen molar-refractivity contribution >= 4 is 5.91 Å². The first-order valence-corrected chi connectivity index (χ1v) is 7.63. The van der Waals surface area contributed by atoms with E-state index in [1.165, 1.54) is 6.07 Å². The molecule has 1 N–H and O–H groups in total. The first-order chi connectivity index (χ1) is 11.1. The number of rotatable bonds is 3. The summed E-state index contributed by atoms with van der Waals surface area (Å²) >= 11 is 0. The van der Waals surface area contributed by atoms with Crippen molar-refractivity contribution in [3.05, 3.63) is 70.8 Å². The van der Waals surface area contributed by atoms with Crippen molar-refractivity contribution in [3.63, 3.8) is 0 Å². The zero-order valence-electron chi connectivity index (χ0n) is 13.9. The second-order valence-corrected chi connectivity index (χ2v) is 6.74. The first-order valence-electron chi connectivity index (χ1n) is 7.63. The smallest absolute Gasteiger partial charge is 0.347 e. The summed E-state index contributed by atoms with van der Waals surface area (Å²) in [6.07, 6.45) is -4.09. The normalized spacial score (nSPS) is 12.1. The summed E-state index contributed by atoms with van der Waals surface area (Å²) in [5, 5.41) is 2.73. The van der Waals surface area contributed by atoms with E-state index in [0.717, 1.165) is 17.7 Å². The van der Waals surface area contributed by atoms with Gasteiger partial charge in [0.1, 0.15) is 0 Å². The van der Waals surface area contributed by atoms with Gasteiger partial charge in [-0.3, -0.25) is 4.79 Å². The van der Waals surface area contributed by atoms with E-state index in [2.05, 4.69) is 5.32 Å². The molecule has 0 unspecified atom stereocenters. The van der Waals surface area contributed by atoms with Crippen molar-refractivity contribution in [2.75, 3.05) is 0 Å². The van der Waals surface area contributed by atoms with E-state index in [1.807, 2.05) is 30.3 Å². The number of hydrogen-bond acceptors (Lipinski definition) is 1. The molecule has 0 bridgehead atoms. The van der Waals surface area contributed by atoms with Gasteiger partial charge >= 0.3 is 6.18 Å². The maximum Gasteiger partial charge on any atom is 0.416 e. The minimum Gasteiger partial charge on any atom is -0.347 e. The number of amides is 1. The molecule has 0 atom stereocenters. The summed E-state index contributed by atoms with van der Waals surface area (Å²) in [5.41, 5.74) is 0.204. The van der Waals surface area contributed by atoms with Gasteiger partial charge < -0.3 is 5.32 Å². The van der Waals surface area contributed by atoms with E-state index >= 15 is 0 Å². The molecule has 0 aliphatic carbocycles. The van der Waals surface area contributed by atoms with Gasteiger partial charge in [0.25, 0.3) is 5.91 Å². The van der Waals surface area contributed by atoms with Crippen LogP contribution in [0.5, 0.6) is 0 Å². The number of hydrogen-bond donors (Lipinski definition) is 1. The predicted octanol–water partition coefficient (Wildman–Crippen LogP) is 4.82. The fourth-order valence-corrected chi connectivity index (χ4v) is 2.34. The van der Waals surface area contributed by atoms with Crippen LogP contribution in [-0.2, 0) is 12.6 Å². The molecule has 0 saturated heterocycles. The van der Waals surface area contributed by atoms with Crippen molar-refractivity contribution in [3.8, 4) is 0 Å². The average molecular weight is 335 g/mol. The zero-order chi connectivity index (χ0) is 18.0. The molecule has 0 radical (unpaired) electrons. The molecule has 1 amide bonds. The average Bonchev–Trinajstić information content (AvgIpc) is 2.45. The maximum atomic E-state index is 13.0. The van der Waals surface area contributed by atoms with E-state index < -0.39 is 23.2 Å². The maximum absolute atomic E-state index is 13.0. The zero-order valence-corrected chi connectivity index (χ0v) is 13.9. The van der Waals surface area contributed by atoms with Crippen LogP contribution < -0.4 is 5.32 Å². The second kappa shape index (κ2) is 6.67. The van der Waals surface area contributed by atoms with Crippen molar-refractivity contribution in [1.82, 2.24) is 5.32 Å². The molecule has 5 heteroatoms. The highest BCUT2D eigenvalue weighted by Gasteiger charge is 2.32. The highest BCUT2D eigenvalue weighted by molar-refractivity contribution is 5.96. The molecule has 0 fully saturated rings. The topological polar surface area (TPSA) is 29.1 Å². The number of halogens is 3. The van der Waals surface area contributed by atoms with Gasteiger partial charge in [-0.05, 0) is 50.5 Å². The third-order valence-corrected chi connectivity index (χ3v) is 3.41. The van der Waals surface area contributed by atoms with Crippen LogP contribution in [0.1, 0.15) is 47.8 Å². The van der Waals surface area contributed by atoms with Crippen molar-refractivity contribution < 1.29 is 18.0 Å². The Morgan fingerprint density at radius 2 is 1.62 bits per heavy atom. The van der Waals surface area contributed by atoms with Gasteiger partial charge in [0.2, 0.25) is 0 Å². The summed E-state index contributed by atoms with van der Waals surface area (Å²) in [7, 11) is 0. The third-order valence-electron chi connectivity index (χ3n) is 3.41. The SMILES string of the molecule is CC(C)(C)NC(=O)c1cc(C(F)(F)F)ccc1Cc1ccccc1. The molecule has 0 aliphatic heterocycles. The lowest BCUT2D eigenvalue weighted by molar-refractivity contribution is -0.137. The van der Waals surface area contributed by atoms with E-state index in [1.54, 1.807) is 20.8 Å². The minimum absolute atomic E-state index is 0.0589. The molecule has 2 aromatic rings. The number of carbonyl (C=O) groups excluding carboxylic acids is 1. The first kappa shape index (κ1) is 18.0. The molecular weight excluding hydrogens is 315 g/mol. The molecule has 2 rings (SSSR count). The lowest BCUT2D eigenvalue weighted by Gasteiger charge is -2.22. The molecule has 0 saturated carbocycles. The molecule has 24 heavy (non-hydrogen) atoms. The summed E-state index contributed by atoms with van der Waals surface area (Å²) in [4.78, 5) is 12.5. The monoisotopic (exact) mass is 335 g/mol. The highest BCUT2D eigenvalue weighted by atomic mass is 19.4. The van der Waals surface area contributed by atoms with Gasteiger partial charge in [-0.1, -0.05) is 36.4 Å². The van der Waals surface area contributed by atoms with Gasteiger partial charge in [0.15, 0.2) is 0 Å². The van der Waals surface area contributed by atoms with E-state index in [-0.39, 0.29) is 5.56 Å². The summed E-state index contributed by atoms with van der Waals surface area (Å²) in [6, 6.07) is 12.7. The quantitative estimate of drug-likeness (QED) is 0.856. The van der Waals surface area contributed by atoms with Crippen molar-refractivity contribution in [2.45, 2.75) is 38.9 Å². The number of carbonyl (C=O) groups is 1. The Morgan fingerprint density at radius 1 is 1.00 bits per heavy atom. The van der Waals surface area contributed by atoms with Crippen LogP contribution in [0.3, 0.4) is 0 Å². The van der Waals surface area contributed by atoms with Crippen molar-refractivity contribution in [1.29, 1.82) is 0 Å². The number of benzene rings is 2. The molecule has 0 aromatic heterocycles. The predicted molar refractivity (Wildman–Crippen MR) is 87.9 cm³/mol. The minimum atomic E-state index is -4.48. The van der Waals surface area contributed by atoms with Gasteiger partial charge in [-0.2, -0.15) is 13.2 Å². The number of alkyl halides is 3.